The highest BCUT2D eigenvalue weighted by molar-refractivity contribution is 5.95. The van der Waals surface area contributed by atoms with E-state index in [1.54, 1.807) is 18.2 Å². The number of carbonyl (C=O) groups excluding carboxylic acids is 1. The van der Waals surface area contributed by atoms with E-state index in [1.807, 2.05) is 13.8 Å². The maximum atomic E-state index is 14.8. The smallest absolute Gasteiger partial charge is 0.256 e. The van der Waals surface area contributed by atoms with E-state index in [1.165, 1.54) is 23.1 Å². The van der Waals surface area contributed by atoms with E-state index >= 15 is 0 Å². The fraction of sp³-hybridized carbons (Fsp3) is 0.552. The van der Waals surface area contributed by atoms with E-state index < -0.39 is 29.3 Å². The zero-order chi connectivity index (χ0) is 26.6. The summed E-state index contributed by atoms with van der Waals surface area (Å²) in [5.74, 6) is -1.25. The highest BCUT2D eigenvalue weighted by Crippen LogP contribution is 2.30. The van der Waals surface area contributed by atoms with Crippen molar-refractivity contribution >= 4 is 5.91 Å². The third-order valence-electron chi connectivity index (χ3n) is 7.87. The molecule has 0 aliphatic carbocycles. The van der Waals surface area contributed by atoms with Crippen molar-refractivity contribution in [1.29, 1.82) is 0 Å². The summed E-state index contributed by atoms with van der Waals surface area (Å²) in [4.78, 5) is 16.2. The standard InChI is InChI=1S/C29H37F3N2O3/c1-3-29(32,4-2)19-33-12-9-20(10-13-33)18-37-27-8-6-22(16-26(27)31)21-5-7-24(25(30)15-21)28(36)34-14-11-23(35)17-34/h5-8,15-16,20,23,35H,3-4,9-14,17-19H2,1-2H3/t23-/m0/s1. The van der Waals surface area contributed by atoms with Gasteiger partial charge in [-0.2, -0.15) is 0 Å². The van der Waals surface area contributed by atoms with Crippen molar-refractivity contribution in [3.8, 4) is 16.9 Å². The average Bonchev–Trinajstić information content (AvgIpc) is 3.34. The summed E-state index contributed by atoms with van der Waals surface area (Å²) in [6, 6.07) is 8.75. The number of piperidine rings is 1. The van der Waals surface area contributed by atoms with Crippen LogP contribution in [-0.2, 0) is 0 Å². The van der Waals surface area contributed by atoms with Crippen LogP contribution < -0.4 is 4.74 Å². The lowest BCUT2D eigenvalue weighted by atomic mass is 9.94. The molecule has 1 amide bonds. The van der Waals surface area contributed by atoms with Gasteiger partial charge in [0.2, 0.25) is 0 Å². The first kappa shape index (κ1) is 27.5. The Labute approximate surface area is 217 Å². The molecule has 0 unspecified atom stereocenters. The van der Waals surface area contributed by atoms with Gasteiger partial charge >= 0.3 is 0 Å². The third-order valence-corrected chi connectivity index (χ3v) is 7.87. The molecule has 2 aliphatic heterocycles. The van der Waals surface area contributed by atoms with Gasteiger partial charge in [-0.25, -0.2) is 13.2 Å². The van der Waals surface area contributed by atoms with Gasteiger partial charge in [-0.05, 0) is 86.5 Å². The van der Waals surface area contributed by atoms with Crippen LogP contribution in [0.25, 0.3) is 11.1 Å². The van der Waals surface area contributed by atoms with Crippen LogP contribution in [0.15, 0.2) is 36.4 Å². The second-order valence-electron chi connectivity index (χ2n) is 10.4. The predicted molar refractivity (Wildman–Crippen MR) is 137 cm³/mol. The number of aliphatic hydroxyl groups excluding tert-OH is 1. The number of alkyl halides is 1. The van der Waals surface area contributed by atoms with Gasteiger partial charge in [-0.3, -0.25) is 4.79 Å². The Balaban J connectivity index is 1.32. The minimum Gasteiger partial charge on any atom is -0.490 e. The molecule has 2 aromatic carbocycles. The average molecular weight is 519 g/mol. The number of rotatable bonds is 9. The Hall–Kier alpha value is -2.58. The van der Waals surface area contributed by atoms with Crippen molar-refractivity contribution in [2.24, 2.45) is 5.92 Å². The number of hydrogen-bond donors (Lipinski definition) is 1. The number of amides is 1. The fourth-order valence-corrected chi connectivity index (χ4v) is 5.16. The molecule has 2 fully saturated rings. The van der Waals surface area contributed by atoms with Crippen molar-refractivity contribution < 1.29 is 27.8 Å². The molecule has 1 N–H and O–H groups in total. The molecular formula is C29H37F3N2O3. The summed E-state index contributed by atoms with van der Waals surface area (Å²) >= 11 is 0. The van der Waals surface area contributed by atoms with Gasteiger partial charge in [0.25, 0.3) is 5.91 Å². The largest absolute Gasteiger partial charge is 0.490 e. The van der Waals surface area contributed by atoms with Crippen molar-refractivity contribution in [2.45, 2.75) is 57.7 Å². The normalized spacial score (nSPS) is 19.4. The summed E-state index contributed by atoms with van der Waals surface area (Å²) in [6.07, 6.45) is 2.69. The monoisotopic (exact) mass is 518 g/mol. The summed E-state index contributed by atoms with van der Waals surface area (Å²) < 4.78 is 50.0. The molecule has 5 nitrogen and oxygen atoms in total. The second kappa shape index (κ2) is 11.9. The molecule has 2 aromatic rings. The molecular weight excluding hydrogens is 481 g/mol. The topological polar surface area (TPSA) is 53.0 Å². The number of benzene rings is 2. The quantitative estimate of drug-likeness (QED) is 0.479. The van der Waals surface area contributed by atoms with Crippen LogP contribution >= 0.6 is 0 Å². The maximum Gasteiger partial charge on any atom is 0.256 e. The number of halogens is 3. The van der Waals surface area contributed by atoms with E-state index in [-0.39, 0.29) is 23.8 Å². The number of nitrogens with zero attached hydrogens (tertiary/aromatic N) is 2. The Morgan fingerprint density at radius 2 is 1.65 bits per heavy atom. The lowest BCUT2D eigenvalue weighted by Gasteiger charge is -2.36. The van der Waals surface area contributed by atoms with Gasteiger partial charge in [0.15, 0.2) is 11.6 Å². The van der Waals surface area contributed by atoms with E-state index in [0.717, 1.165) is 25.9 Å². The van der Waals surface area contributed by atoms with Crippen LogP contribution in [0, 0.1) is 17.6 Å². The second-order valence-corrected chi connectivity index (χ2v) is 10.4. The molecule has 8 heteroatoms. The first-order valence-electron chi connectivity index (χ1n) is 13.3. The van der Waals surface area contributed by atoms with Crippen molar-refractivity contribution in [1.82, 2.24) is 9.80 Å². The molecule has 37 heavy (non-hydrogen) atoms. The zero-order valence-corrected chi connectivity index (χ0v) is 21.7. The predicted octanol–water partition coefficient (Wildman–Crippen LogP) is 5.46. The SMILES string of the molecule is CCC(F)(CC)CN1CCC(COc2ccc(-c3ccc(C(=O)N4CC[C@H](O)C4)c(F)c3)cc2F)CC1. The molecule has 0 radical (unpaired) electrons. The highest BCUT2D eigenvalue weighted by Gasteiger charge is 2.30. The summed E-state index contributed by atoms with van der Waals surface area (Å²) in [7, 11) is 0. The van der Waals surface area contributed by atoms with Gasteiger partial charge in [-0.1, -0.05) is 26.0 Å². The molecule has 0 spiro atoms. The van der Waals surface area contributed by atoms with E-state index in [0.29, 0.717) is 50.1 Å². The first-order valence-corrected chi connectivity index (χ1v) is 13.3. The summed E-state index contributed by atoms with van der Waals surface area (Å²) in [5.41, 5.74) is -0.263. The Morgan fingerprint density at radius 3 is 2.22 bits per heavy atom. The van der Waals surface area contributed by atoms with Gasteiger partial charge < -0.3 is 19.6 Å². The zero-order valence-electron chi connectivity index (χ0n) is 21.7. The van der Waals surface area contributed by atoms with Gasteiger partial charge in [0.1, 0.15) is 11.5 Å². The van der Waals surface area contributed by atoms with Crippen LogP contribution in [0.1, 0.15) is 56.3 Å². The van der Waals surface area contributed by atoms with Crippen LogP contribution in [0.3, 0.4) is 0 Å². The summed E-state index contributed by atoms with van der Waals surface area (Å²) in [6.45, 7) is 6.83. The molecule has 0 saturated carbocycles. The molecule has 0 bridgehead atoms. The van der Waals surface area contributed by atoms with Gasteiger partial charge in [0, 0.05) is 19.6 Å². The molecule has 2 aliphatic rings. The minimum atomic E-state index is -1.13. The molecule has 202 valence electrons. The Bertz CT molecular complexity index is 1080. The Morgan fingerprint density at radius 1 is 1.00 bits per heavy atom. The lowest BCUT2D eigenvalue weighted by molar-refractivity contribution is 0.0565. The fourth-order valence-electron chi connectivity index (χ4n) is 5.16. The number of β-amino-alcohol motifs (C(OH)–C–C–N with tert-alkyl or cyclic N) is 1. The van der Waals surface area contributed by atoms with Crippen molar-refractivity contribution in [2.75, 3.05) is 39.3 Å². The van der Waals surface area contributed by atoms with Gasteiger partial charge in [0.05, 0.1) is 18.3 Å². The van der Waals surface area contributed by atoms with E-state index in [4.69, 9.17) is 4.74 Å². The number of carbonyl (C=O) groups is 1. The minimum absolute atomic E-state index is 0.0640. The Kier molecular flexibility index (Phi) is 8.80. The van der Waals surface area contributed by atoms with Crippen molar-refractivity contribution in [3.63, 3.8) is 0 Å². The number of aliphatic hydroxyl groups is 1. The first-order chi connectivity index (χ1) is 17.7. The molecule has 4 rings (SSSR count). The van der Waals surface area contributed by atoms with Gasteiger partial charge in [-0.15, -0.1) is 0 Å². The molecule has 2 saturated heterocycles. The van der Waals surface area contributed by atoms with Crippen LogP contribution in [-0.4, -0.2) is 71.9 Å². The third kappa shape index (κ3) is 6.65. The van der Waals surface area contributed by atoms with Crippen LogP contribution in [0.4, 0.5) is 13.2 Å². The van der Waals surface area contributed by atoms with E-state index in [2.05, 4.69) is 4.90 Å². The molecule has 1 atom stereocenters. The summed E-state index contributed by atoms with van der Waals surface area (Å²) in [5, 5.41) is 9.63. The highest BCUT2D eigenvalue weighted by atomic mass is 19.1. The maximum absolute atomic E-state index is 14.8. The molecule has 2 heterocycles. The lowest BCUT2D eigenvalue weighted by Crippen LogP contribution is -2.44. The number of likely N-dealkylation sites (tertiary alicyclic amines) is 2. The number of ether oxygens (including phenoxy) is 1. The van der Waals surface area contributed by atoms with E-state index in [9.17, 15) is 23.1 Å². The van der Waals surface area contributed by atoms with Crippen LogP contribution in [0.2, 0.25) is 0 Å². The number of hydrogen-bond acceptors (Lipinski definition) is 4. The van der Waals surface area contributed by atoms with Crippen LogP contribution in [0.5, 0.6) is 5.75 Å². The van der Waals surface area contributed by atoms with Crippen molar-refractivity contribution in [3.05, 3.63) is 53.6 Å². The molecule has 0 aromatic heterocycles.